The number of hydrazone groups is 1. The second-order valence-corrected chi connectivity index (χ2v) is 6.45. The molecule has 0 bridgehead atoms. The number of benzene rings is 3. The molecular weight excluding hydrogens is 350 g/mol. The number of nitrogens with one attached hydrogen (secondary N) is 2. The first kappa shape index (κ1) is 19.2. The van der Waals surface area contributed by atoms with Gasteiger partial charge in [-0.1, -0.05) is 48.0 Å². The number of ether oxygens (including phenoxy) is 1. The van der Waals surface area contributed by atoms with Crippen molar-refractivity contribution in [3.05, 3.63) is 90.0 Å². The first-order valence-corrected chi connectivity index (χ1v) is 9.09. The molecule has 0 aliphatic heterocycles. The van der Waals surface area contributed by atoms with Gasteiger partial charge in [-0.25, -0.2) is 5.43 Å². The zero-order chi connectivity index (χ0) is 19.8. The van der Waals surface area contributed by atoms with Crippen LogP contribution in [0.1, 0.15) is 18.1 Å². The number of carbonyl (C=O) groups is 1. The maximum atomic E-state index is 12.2. The van der Waals surface area contributed by atoms with Crippen LogP contribution < -0.4 is 15.5 Å². The molecule has 0 radical (unpaired) electrons. The lowest BCUT2D eigenvalue weighted by Crippen LogP contribution is -2.34. The zero-order valence-electron chi connectivity index (χ0n) is 15.9. The van der Waals surface area contributed by atoms with Crippen molar-refractivity contribution in [2.24, 2.45) is 5.10 Å². The summed E-state index contributed by atoms with van der Waals surface area (Å²) in [5.41, 5.74) is 5.45. The summed E-state index contributed by atoms with van der Waals surface area (Å²) < 4.78 is 5.80. The van der Waals surface area contributed by atoms with E-state index < -0.39 is 6.04 Å². The van der Waals surface area contributed by atoms with Crippen LogP contribution in [0.2, 0.25) is 0 Å². The Labute approximate surface area is 165 Å². The standard InChI is InChI=1S/C23H23N3O2/c1-17-11-13-20(14-12-17)25-18(2)23(27)26-24-16-19-7-6-10-22(15-19)28-21-8-4-3-5-9-21/h3-16,18,25H,1-2H3,(H,26,27)/b24-16-/t18-/m1/s1. The van der Waals surface area contributed by atoms with Crippen LogP contribution in [0, 0.1) is 6.92 Å². The average molecular weight is 373 g/mol. The van der Waals surface area contributed by atoms with Gasteiger partial charge in [0.05, 0.1) is 6.21 Å². The predicted octanol–water partition coefficient (Wildman–Crippen LogP) is 4.74. The highest BCUT2D eigenvalue weighted by Gasteiger charge is 2.11. The Balaban J connectivity index is 1.54. The van der Waals surface area contributed by atoms with E-state index in [1.807, 2.05) is 85.8 Å². The summed E-state index contributed by atoms with van der Waals surface area (Å²) in [6, 6.07) is 24.5. The van der Waals surface area contributed by atoms with E-state index in [2.05, 4.69) is 15.8 Å². The molecule has 5 heteroatoms. The van der Waals surface area contributed by atoms with Crippen LogP contribution in [-0.4, -0.2) is 18.2 Å². The fourth-order valence-electron chi connectivity index (χ4n) is 2.52. The van der Waals surface area contributed by atoms with Crippen LogP contribution in [0.15, 0.2) is 84.0 Å². The molecule has 1 amide bonds. The van der Waals surface area contributed by atoms with Gasteiger partial charge in [0.25, 0.3) is 5.91 Å². The highest BCUT2D eigenvalue weighted by Crippen LogP contribution is 2.21. The molecule has 0 spiro atoms. The zero-order valence-corrected chi connectivity index (χ0v) is 15.9. The monoisotopic (exact) mass is 373 g/mol. The van der Waals surface area contributed by atoms with Crippen molar-refractivity contribution in [1.29, 1.82) is 0 Å². The average Bonchev–Trinajstić information content (AvgIpc) is 2.71. The Morgan fingerprint density at radius 3 is 2.43 bits per heavy atom. The third-order valence-corrected chi connectivity index (χ3v) is 4.05. The number of carbonyl (C=O) groups excluding carboxylic acids is 1. The van der Waals surface area contributed by atoms with Crippen molar-refractivity contribution < 1.29 is 9.53 Å². The maximum Gasteiger partial charge on any atom is 0.262 e. The second-order valence-electron chi connectivity index (χ2n) is 6.45. The third-order valence-electron chi connectivity index (χ3n) is 4.05. The Hall–Kier alpha value is -3.60. The van der Waals surface area contributed by atoms with Crippen molar-refractivity contribution in [2.45, 2.75) is 19.9 Å². The summed E-state index contributed by atoms with van der Waals surface area (Å²) in [6.45, 7) is 3.81. The van der Waals surface area contributed by atoms with Gasteiger partial charge in [-0.15, -0.1) is 0 Å². The second kappa shape index (κ2) is 9.37. The molecule has 142 valence electrons. The van der Waals surface area contributed by atoms with Crippen LogP contribution in [0.25, 0.3) is 0 Å². The van der Waals surface area contributed by atoms with Crippen LogP contribution in [0.3, 0.4) is 0 Å². The molecule has 28 heavy (non-hydrogen) atoms. The molecular formula is C23H23N3O2. The van der Waals surface area contributed by atoms with Crippen molar-refractivity contribution in [1.82, 2.24) is 5.43 Å². The minimum atomic E-state index is -0.410. The maximum absolute atomic E-state index is 12.2. The summed E-state index contributed by atoms with van der Waals surface area (Å²) in [5.74, 6) is 1.25. The van der Waals surface area contributed by atoms with Gasteiger partial charge < -0.3 is 10.1 Å². The molecule has 3 aromatic rings. The van der Waals surface area contributed by atoms with E-state index in [0.717, 1.165) is 17.0 Å². The highest BCUT2D eigenvalue weighted by atomic mass is 16.5. The van der Waals surface area contributed by atoms with Gasteiger partial charge >= 0.3 is 0 Å². The molecule has 0 saturated carbocycles. The first-order valence-electron chi connectivity index (χ1n) is 9.09. The number of nitrogens with zero attached hydrogens (tertiary/aromatic N) is 1. The minimum Gasteiger partial charge on any atom is -0.457 e. The molecule has 0 saturated heterocycles. The molecule has 5 nitrogen and oxygen atoms in total. The van der Waals surface area contributed by atoms with Crippen molar-refractivity contribution in [3.8, 4) is 11.5 Å². The topological polar surface area (TPSA) is 62.7 Å². The number of anilines is 1. The van der Waals surface area contributed by atoms with Crippen molar-refractivity contribution in [3.63, 3.8) is 0 Å². The molecule has 0 heterocycles. The number of amides is 1. The molecule has 0 unspecified atom stereocenters. The Kier molecular flexibility index (Phi) is 6.41. The van der Waals surface area contributed by atoms with E-state index in [0.29, 0.717) is 5.75 Å². The van der Waals surface area contributed by atoms with Crippen LogP contribution >= 0.6 is 0 Å². The number of para-hydroxylation sites is 1. The Morgan fingerprint density at radius 2 is 1.68 bits per heavy atom. The predicted molar refractivity (Wildman–Crippen MR) is 113 cm³/mol. The van der Waals surface area contributed by atoms with Gasteiger partial charge in [-0.3, -0.25) is 4.79 Å². The van der Waals surface area contributed by atoms with Crippen LogP contribution in [0.5, 0.6) is 11.5 Å². The summed E-state index contributed by atoms with van der Waals surface area (Å²) in [6.07, 6.45) is 1.59. The smallest absolute Gasteiger partial charge is 0.262 e. The number of hydrogen-bond acceptors (Lipinski definition) is 4. The minimum absolute atomic E-state index is 0.214. The number of aryl methyl sites for hydroxylation is 1. The van der Waals surface area contributed by atoms with Gasteiger partial charge in [0, 0.05) is 5.69 Å². The largest absolute Gasteiger partial charge is 0.457 e. The summed E-state index contributed by atoms with van der Waals surface area (Å²) in [7, 11) is 0. The molecule has 0 aliphatic rings. The molecule has 0 aromatic heterocycles. The highest BCUT2D eigenvalue weighted by molar-refractivity contribution is 5.86. The van der Waals surface area contributed by atoms with Crippen LogP contribution in [0.4, 0.5) is 5.69 Å². The van der Waals surface area contributed by atoms with Crippen molar-refractivity contribution in [2.75, 3.05) is 5.32 Å². The lowest BCUT2D eigenvalue weighted by atomic mass is 10.2. The first-order chi connectivity index (χ1) is 13.6. The Morgan fingerprint density at radius 1 is 0.964 bits per heavy atom. The van der Waals surface area contributed by atoms with E-state index >= 15 is 0 Å². The molecule has 0 aliphatic carbocycles. The normalized spacial score (nSPS) is 11.8. The number of rotatable bonds is 7. The van der Waals surface area contributed by atoms with Gasteiger partial charge in [-0.05, 0) is 55.8 Å². The fraction of sp³-hybridized carbons (Fsp3) is 0.130. The van der Waals surface area contributed by atoms with E-state index in [4.69, 9.17) is 4.74 Å². The van der Waals surface area contributed by atoms with E-state index in [-0.39, 0.29) is 5.91 Å². The summed E-state index contributed by atoms with van der Waals surface area (Å²) >= 11 is 0. The Bertz CT molecular complexity index is 938. The van der Waals surface area contributed by atoms with E-state index in [1.54, 1.807) is 13.1 Å². The van der Waals surface area contributed by atoms with E-state index in [1.165, 1.54) is 5.56 Å². The molecule has 3 rings (SSSR count). The van der Waals surface area contributed by atoms with Crippen molar-refractivity contribution >= 4 is 17.8 Å². The molecule has 1 atom stereocenters. The van der Waals surface area contributed by atoms with Gasteiger partial charge in [-0.2, -0.15) is 5.10 Å². The summed E-state index contributed by atoms with van der Waals surface area (Å²) in [5, 5.41) is 7.19. The fourth-order valence-corrected chi connectivity index (χ4v) is 2.52. The quantitative estimate of drug-likeness (QED) is 0.464. The third kappa shape index (κ3) is 5.71. The van der Waals surface area contributed by atoms with Gasteiger partial charge in [0.2, 0.25) is 0 Å². The SMILES string of the molecule is Cc1ccc(N[C@H](C)C(=O)N/N=C\c2cccc(Oc3ccccc3)c2)cc1. The summed E-state index contributed by atoms with van der Waals surface area (Å²) in [4.78, 5) is 12.2. The lowest BCUT2D eigenvalue weighted by molar-refractivity contribution is -0.121. The molecule has 2 N–H and O–H groups in total. The van der Waals surface area contributed by atoms with Gasteiger partial charge in [0.15, 0.2) is 0 Å². The van der Waals surface area contributed by atoms with Crippen LogP contribution in [-0.2, 0) is 4.79 Å². The number of hydrogen-bond donors (Lipinski definition) is 2. The molecule has 0 fully saturated rings. The molecule has 3 aromatic carbocycles. The van der Waals surface area contributed by atoms with E-state index in [9.17, 15) is 4.79 Å². The lowest BCUT2D eigenvalue weighted by Gasteiger charge is -2.13. The van der Waals surface area contributed by atoms with Gasteiger partial charge in [0.1, 0.15) is 17.5 Å².